The average Bonchev–Trinajstić information content (AvgIpc) is 1.12. The number of hydrogen-bond donors (Lipinski definition) is 0. The summed E-state index contributed by atoms with van der Waals surface area (Å²) in [5.74, 6) is 0. The van der Waals surface area contributed by atoms with E-state index in [4.69, 9.17) is 35.0 Å². The first-order chi connectivity index (χ1) is 4.00. The van der Waals surface area contributed by atoms with Crippen LogP contribution in [0.5, 0.6) is 0 Å². The van der Waals surface area contributed by atoms with Gasteiger partial charge in [-0.05, 0) is 0 Å². The van der Waals surface area contributed by atoms with Crippen LogP contribution in [0, 0.1) is 0 Å². The summed E-state index contributed by atoms with van der Waals surface area (Å²) in [5, 5.41) is 0. The van der Waals surface area contributed by atoms with Gasteiger partial charge in [-0.1, -0.05) is 0 Å². The summed E-state index contributed by atoms with van der Waals surface area (Å²) < 4.78 is 68.2. The molecule has 0 heterocycles. The summed E-state index contributed by atoms with van der Waals surface area (Å²) in [7, 11) is -10.3. The molecule has 0 aromatic rings. The molecule has 0 aliphatic carbocycles. The summed E-state index contributed by atoms with van der Waals surface area (Å²) in [6.45, 7) is 0. The van der Waals surface area contributed by atoms with E-state index in [1.807, 2.05) is 0 Å². The molecule has 0 aliphatic rings. The standard InChI is InChI=1S/Fe.K.2H2O4S.2H2O/c;;2*1-5(2,3)4;;/h;;2*(H2,1,2,3,4);2*1H2/q+3;+1;;;;/p-4. The normalized spacial score (nSPS) is 8.29. The molecular formula is H4FeKO10S2. The maximum atomic E-state index is 8.52. The largest absolute Gasteiger partial charge is 3.00 e. The van der Waals surface area contributed by atoms with Gasteiger partial charge in [0.05, 0.1) is 0 Å². The van der Waals surface area contributed by atoms with Crippen LogP contribution in [0.25, 0.3) is 0 Å². The van der Waals surface area contributed by atoms with E-state index >= 15 is 0 Å². The van der Waals surface area contributed by atoms with Gasteiger partial charge in [-0.2, -0.15) is 0 Å². The van der Waals surface area contributed by atoms with Crippen molar-refractivity contribution in [3.05, 3.63) is 0 Å². The molecule has 14 heavy (non-hydrogen) atoms. The molecule has 4 N–H and O–H groups in total. The molecular weight excluding hydrogens is 319 g/mol. The van der Waals surface area contributed by atoms with Crippen LogP contribution in [0.1, 0.15) is 0 Å². The Morgan fingerprint density at radius 1 is 0.643 bits per heavy atom. The third-order valence-electron chi connectivity index (χ3n) is 0. The molecule has 0 aliphatic heterocycles. The summed E-state index contributed by atoms with van der Waals surface area (Å²) in [5.41, 5.74) is 0. The van der Waals surface area contributed by atoms with Gasteiger partial charge in [-0.25, -0.2) is 0 Å². The van der Waals surface area contributed by atoms with Crippen LogP contribution in [0.3, 0.4) is 0 Å². The molecule has 0 aromatic carbocycles. The number of rotatable bonds is 0. The summed E-state index contributed by atoms with van der Waals surface area (Å²) in [4.78, 5) is 0. The van der Waals surface area contributed by atoms with E-state index in [1.54, 1.807) is 0 Å². The van der Waals surface area contributed by atoms with Gasteiger partial charge in [-0.3, -0.25) is 16.8 Å². The van der Waals surface area contributed by atoms with E-state index in [2.05, 4.69) is 0 Å². The zero-order valence-electron chi connectivity index (χ0n) is 6.44. The van der Waals surface area contributed by atoms with Crippen molar-refractivity contribution in [1.82, 2.24) is 0 Å². The van der Waals surface area contributed by atoms with E-state index in [0.29, 0.717) is 0 Å². The van der Waals surface area contributed by atoms with Gasteiger partial charge in [0, 0.05) is 20.8 Å². The summed E-state index contributed by atoms with van der Waals surface area (Å²) in [6.07, 6.45) is 0. The molecule has 0 amide bonds. The van der Waals surface area contributed by atoms with Gasteiger partial charge in [0.2, 0.25) is 0 Å². The smallest absolute Gasteiger partial charge is 0.759 e. The van der Waals surface area contributed by atoms with E-state index in [9.17, 15) is 0 Å². The molecule has 1 radical (unpaired) electrons. The third kappa shape index (κ3) is 688. The van der Waals surface area contributed by atoms with Crippen LogP contribution in [-0.2, 0) is 37.9 Å². The molecule has 0 spiro atoms. The maximum absolute atomic E-state index is 8.52. The van der Waals surface area contributed by atoms with Gasteiger partial charge >= 0.3 is 68.5 Å². The first-order valence-corrected chi connectivity index (χ1v) is 4.00. The molecule has 0 aromatic heterocycles. The number of hydrogen-bond acceptors (Lipinski definition) is 8. The molecule has 0 fully saturated rings. The fourth-order valence-electron chi connectivity index (χ4n) is 0. The minimum Gasteiger partial charge on any atom is -0.759 e. The fourth-order valence-corrected chi connectivity index (χ4v) is 0. The average molecular weight is 323 g/mol. The minimum atomic E-state index is -5.17. The van der Waals surface area contributed by atoms with E-state index < -0.39 is 20.8 Å². The quantitative estimate of drug-likeness (QED) is 0.236. The SMILES string of the molecule is O.O.O=S(=O)([O-])[O-].O=S(=O)([O-])[O-].[Fe+3].[K+]. The van der Waals surface area contributed by atoms with Crippen LogP contribution in [0.4, 0.5) is 0 Å². The van der Waals surface area contributed by atoms with Crippen molar-refractivity contribution in [3.8, 4) is 0 Å². The van der Waals surface area contributed by atoms with Crippen molar-refractivity contribution < 1.29 is 114 Å². The van der Waals surface area contributed by atoms with Gasteiger partial charge in [0.15, 0.2) is 0 Å². The minimum absolute atomic E-state index is 0. The first kappa shape index (κ1) is 36.0. The Labute approximate surface area is 133 Å². The van der Waals surface area contributed by atoms with Crippen molar-refractivity contribution in [2.24, 2.45) is 0 Å². The van der Waals surface area contributed by atoms with Crippen molar-refractivity contribution in [1.29, 1.82) is 0 Å². The van der Waals surface area contributed by atoms with Gasteiger partial charge in [0.1, 0.15) is 0 Å². The molecule has 0 bridgehead atoms. The predicted octanol–water partition coefficient (Wildman–Crippen LogP) is -7.32. The van der Waals surface area contributed by atoms with Crippen LogP contribution >= 0.6 is 0 Å². The molecule has 14 heteroatoms. The molecule has 0 rings (SSSR count). The maximum Gasteiger partial charge on any atom is 3.00 e. The Balaban J connectivity index is -0.0000000178. The molecule has 10 nitrogen and oxygen atoms in total. The van der Waals surface area contributed by atoms with Crippen LogP contribution in [0.2, 0.25) is 0 Å². The Morgan fingerprint density at radius 2 is 0.643 bits per heavy atom. The molecule has 0 saturated heterocycles. The second-order valence-corrected chi connectivity index (χ2v) is 2.45. The van der Waals surface area contributed by atoms with Crippen molar-refractivity contribution in [3.63, 3.8) is 0 Å². The second kappa shape index (κ2) is 14.8. The molecule has 0 unspecified atom stereocenters. The van der Waals surface area contributed by atoms with E-state index in [-0.39, 0.29) is 79.4 Å². The van der Waals surface area contributed by atoms with Crippen LogP contribution in [0.15, 0.2) is 0 Å². The third-order valence-corrected chi connectivity index (χ3v) is 0. The van der Waals surface area contributed by atoms with Crippen LogP contribution < -0.4 is 51.4 Å². The topological polar surface area (TPSA) is 224 Å². The predicted molar refractivity (Wildman–Crippen MR) is 28.2 cm³/mol. The van der Waals surface area contributed by atoms with Crippen LogP contribution in [-0.4, -0.2) is 46.0 Å². The van der Waals surface area contributed by atoms with Crippen molar-refractivity contribution >= 4 is 20.8 Å². The summed E-state index contributed by atoms with van der Waals surface area (Å²) in [6, 6.07) is 0. The molecule has 85 valence electrons. The molecule has 0 saturated carbocycles. The molecule has 0 atom stereocenters. The van der Waals surface area contributed by atoms with E-state index in [0.717, 1.165) is 0 Å². The van der Waals surface area contributed by atoms with E-state index in [1.165, 1.54) is 0 Å². The van der Waals surface area contributed by atoms with Crippen molar-refractivity contribution in [2.45, 2.75) is 0 Å². The van der Waals surface area contributed by atoms with Gasteiger partial charge < -0.3 is 29.2 Å². The Kier molecular flexibility index (Phi) is 38.1. The van der Waals surface area contributed by atoms with Gasteiger partial charge in [-0.15, -0.1) is 0 Å². The Morgan fingerprint density at radius 3 is 0.643 bits per heavy atom. The first-order valence-electron chi connectivity index (χ1n) is 1.33. The zero-order chi connectivity index (χ0) is 9.00. The zero-order valence-corrected chi connectivity index (χ0v) is 12.3. The summed E-state index contributed by atoms with van der Waals surface area (Å²) >= 11 is 0. The Hall–Kier alpha value is 1.82. The Bertz CT molecular complexity index is 214. The second-order valence-electron chi connectivity index (χ2n) is 0.816. The monoisotopic (exact) mass is 323 g/mol. The van der Waals surface area contributed by atoms with Crippen molar-refractivity contribution in [2.75, 3.05) is 0 Å². The fraction of sp³-hybridized carbons (Fsp3) is 0. The van der Waals surface area contributed by atoms with Gasteiger partial charge in [0.25, 0.3) is 0 Å².